The van der Waals surface area contributed by atoms with Crippen molar-refractivity contribution in [1.29, 1.82) is 0 Å². The van der Waals surface area contributed by atoms with Crippen molar-refractivity contribution < 1.29 is 28.9 Å². The number of ether oxygens (including phenoxy) is 2. The Bertz CT molecular complexity index is 615. The van der Waals surface area contributed by atoms with Crippen LogP contribution in [0.2, 0.25) is 0 Å². The minimum atomic E-state index is -0.693. The molecule has 0 unspecified atom stereocenters. The van der Waals surface area contributed by atoms with Crippen molar-refractivity contribution in [2.75, 3.05) is 38.7 Å². The zero-order chi connectivity index (χ0) is 17.5. The fraction of sp³-hybridized carbons (Fsp3) is 0.467. The van der Waals surface area contributed by atoms with E-state index in [2.05, 4.69) is 10.1 Å². The highest BCUT2D eigenvalue weighted by atomic mass is 16.6. The van der Waals surface area contributed by atoms with Crippen LogP contribution in [0.5, 0.6) is 0 Å². The highest BCUT2D eigenvalue weighted by Crippen LogP contribution is 2.23. The number of anilines is 1. The molecule has 1 aromatic carbocycles. The van der Waals surface area contributed by atoms with Crippen LogP contribution in [0.15, 0.2) is 24.3 Å². The van der Waals surface area contributed by atoms with Crippen molar-refractivity contribution in [3.8, 4) is 0 Å². The van der Waals surface area contributed by atoms with Crippen LogP contribution < -0.4 is 10.2 Å². The van der Waals surface area contributed by atoms with Crippen LogP contribution in [0.4, 0.5) is 11.4 Å². The molecule has 1 amide bonds. The molecule has 0 spiro atoms. The number of nitro benzene ring substituents is 1. The second-order valence-electron chi connectivity index (χ2n) is 5.37. The molecule has 2 N–H and O–H groups in total. The Morgan fingerprint density at radius 1 is 1.38 bits per heavy atom. The standard InChI is InChI=1S/C15H19N3O6/c1-23-14(19)10-13(17-6-8-24-9-7-17)15(20)16-11-4-2-3-5-12(11)18(21)22/h2-5,13H,6-10H2,1H3,(H,16,20)/p+1/t13-/m0/s1. The minimum Gasteiger partial charge on any atom is -0.469 e. The Morgan fingerprint density at radius 2 is 2.04 bits per heavy atom. The van der Waals surface area contributed by atoms with Gasteiger partial charge in [-0.3, -0.25) is 19.7 Å². The molecule has 9 nitrogen and oxygen atoms in total. The lowest BCUT2D eigenvalue weighted by atomic mass is 10.1. The molecule has 0 radical (unpaired) electrons. The van der Waals surface area contributed by atoms with Crippen LogP contribution in [0.25, 0.3) is 0 Å². The maximum Gasteiger partial charge on any atom is 0.312 e. The van der Waals surface area contributed by atoms with Gasteiger partial charge in [-0.15, -0.1) is 0 Å². The summed E-state index contributed by atoms with van der Waals surface area (Å²) in [4.78, 5) is 35.7. The molecule has 0 saturated carbocycles. The highest BCUT2D eigenvalue weighted by Gasteiger charge is 2.34. The van der Waals surface area contributed by atoms with E-state index in [-0.39, 0.29) is 17.8 Å². The third-order valence-electron chi connectivity index (χ3n) is 3.90. The molecule has 1 saturated heterocycles. The molecule has 1 heterocycles. The van der Waals surface area contributed by atoms with E-state index >= 15 is 0 Å². The molecule has 0 aliphatic carbocycles. The topological polar surface area (TPSA) is 112 Å². The van der Waals surface area contributed by atoms with Gasteiger partial charge in [-0.25, -0.2) is 0 Å². The van der Waals surface area contributed by atoms with E-state index in [1.807, 2.05) is 0 Å². The number of nitro groups is 1. The van der Waals surface area contributed by atoms with Gasteiger partial charge in [0.25, 0.3) is 11.6 Å². The molecule has 9 heteroatoms. The Hall–Kier alpha value is -2.52. The average molecular weight is 338 g/mol. The van der Waals surface area contributed by atoms with Crippen LogP contribution in [0, 0.1) is 10.1 Å². The fourth-order valence-electron chi connectivity index (χ4n) is 2.61. The van der Waals surface area contributed by atoms with Crippen LogP contribution in [-0.2, 0) is 19.1 Å². The lowest BCUT2D eigenvalue weighted by Crippen LogP contribution is -3.19. The molecule has 1 aliphatic heterocycles. The quantitative estimate of drug-likeness (QED) is 0.406. The largest absolute Gasteiger partial charge is 0.469 e. The van der Waals surface area contributed by atoms with Gasteiger partial charge in [0.05, 0.1) is 25.2 Å². The number of quaternary nitrogens is 1. The number of para-hydroxylation sites is 2. The van der Waals surface area contributed by atoms with E-state index in [0.29, 0.717) is 26.3 Å². The molecule has 1 atom stereocenters. The molecule has 0 aromatic heterocycles. The van der Waals surface area contributed by atoms with E-state index in [9.17, 15) is 19.7 Å². The van der Waals surface area contributed by atoms with E-state index in [1.54, 1.807) is 6.07 Å². The van der Waals surface area contributed by atoms with Gasteiger partial charge in [0.15, 0.2) is 6.04 Å². The predicted molar refractivity (Wildman–Crippen MR) is 83.7 cm³/mol. The summed E-state index contributed by atoms with van der Waals surface area (Å²) in [6, 6.07) is 5.19. The van der Waals surface area contributed by atoms with Crippen molar-refractivity contribution in [3.63, 3.8) is 0 Å². The molecule has 1 aliphatic rings. The maximum absolute atomic E-state index is 12.6. The van der Waals surface area contributed by atoms with Crippen molar-refractivity contribution >= 4 is 23.3 Å². The van der Waals surface area contributed by atoms with Crippen molar-refractivity contribution in [2.45, 2.75) is 12.5 Å². The van der Waals surface area contributed by atoms with Crippen molar-refractivity contribution in [2.24, 2.45) is 0 Å². The van der Waals surface area contributed by atoms with Gasteiger partial charge in [-0.05, 0) is 6.07 Å². The molecule has 0 bridgehead atoms. The lowest BCUT2D eigenvalue weighted by Gasteiger charge is -2.30. The van der Waals surface area contributed by atoms with Crippen molar-refractivity contribution in [3.05, 3.63) is 34.4 Å². The second-order valence-corrected chi connectivity index (χ2v) is 5.37. The van der Waals surface area contributed by atoms with Gasteiger partial charge in [-0.1, -0.05) is 12.1 Å². The summed E-state index contributed by atoms with van der Waals surface area (Å²) in [6.45, 7) is 2.13. The van der Waals surface area contributed by atoms with Crippen LogP contribution in [0.1, 0.15) is 6.42 Å². The summed E-state index contributed by atoms with van der Waals surface area (Å²) in [5, 5.41) is 13.6. The van der Waals surface area contributed by atoms with Crippen LogP contribution in [0.3, 0.4) is 0 Å². The van der Waals surface area contributed by atoms with E-state index < -0.39 is 22.8 Å². The number of benzene rings is 1. The fourth-order valence-corrected chi connectivity index (χ4v) is 2.61. The first-order valence-electron chi connectivity index (χ1n) is 7.56. The first kappa shape index (κ1) is 17.8. The number of nitrogens with zero attached hydrogens (tertiary/aromatic N) is 1. The zero-order valence-electron chi connectivity index (χ0n) is 13.3. The SMILES string of the molecule is COC(=O)C[C@@H](C(=O)Nc1ccccc1[N+](=O)[O-])[NH+]1CCOCC1. The van der Waals surface area contributed by atoms with Gasteiger partial charge in [0.2, 0.25) is 0 Å². The summed E-state index contributed by atoms with van der Waals surface area (Å²) in [5.74, 6) is -0.955. The average Bonchev–Trinajstić information content (AvgIpc) is 2.60. The maximum atomic E-state index is 12.6. The number of carbonyl (C=O) groups is 2. The van der Waals surface area contributed by atoms with E-state index in [4.69, 9.17) is 4.74 Å². The first-order valence-corrected chi connectivity index (χ1v) is 7.56. The van der Waals surface area contributed by atoms with Gasteiger partial charge in [0, 0.05) is 6.07 Å². The number of rotatable bonds is 6. The summed E-state index contributed by atoms with van der Waals surface area (Å²) in [6.07, 6.45) is -0.0989. The smallest absolute Gasteiger partial charge is 0.312 e. The third-order valence-corrected chi connectivity index (χ3v) is 3.90. The third kappa shape index (κ3) is 4.49. The van der Waals surface area contributed by atoms with Crippen LogP contribution >= 0.6 is 0 Å². The highest BCUT2D eigenvalue weighted by molar-refractivity contribution is 5.97. The normalized spacial score (nSPS) is 16.2. The number of nitrogens with one attached hydrogen (secondary N) is 2. The molecule has 1 fully saturated rings. The Morgan fingerprint density at radius 3 is 2.67 bits per heavy atom. The summed E-state index contributed by atoms with van der Waals surface area (Å²) >= 11 is 0. The molecule has 130 valence electrons. The van der Waals surface area contributed by atoms with E-state index in [1.165, 1.54) is 25.3 Å². The number of amides is 1. The number of esters is 1. The monoisotopic (exact) mass is 338 g/mol. The molecular weight excluding hydrogens is 318 g/mol. The van der Waals surface area contributed by atoms with Gasteiger partial charge in [-0.2, -0.15) is 0 Å². The Kier molecular flexibility index (Phi) is 6.21. The second kappa shape index (κ2) is 8.37. The van der Waals surface area contributed by atoms with Crippen molar-refractivity contribution in [1.82, 2.24) is 0 Å². The summed E-state index contributed by atoms with van der Waals surface area (Å²) < 4.78 is 9.93. The number of hydrogen-bond acceptors (Lipinski definition) is 6. The number of hydrogen-bond donors (Lipinski definition) is 2. The minimum absolute atomic E-state index is 0.0989. The molecule has 1 aromatic rings. The molecular formula is C15H20N3O6+. The van der Waals surface area contributed by atoms with Gasteiger partial charge < -0.3 is 19.7 Å². The molecule has 2 rings (SSSR count). The first-order chi connectivity index (χ1) is 11.5. The van der Waals surface area contributed by atoms with Gasteiger partial charge in [0.1, 0.15) is 25.2 Å². The number of carbonyl (C=O) groups excluding carboxylic acids is 2. The number of morpholine rings is 1. The predicted octanol–water partition coefficient (Wildman–Crippen LogP) is -0.620. The van der Waals surface area contributed by atoms with E-state index in [0.717, 1.165) is 4.90 Å². The lowest BCUT2D eigenvalue weighted by molar-refractivity contribution is -0.922. The Balaban J connectivity index is 2.17. The molecule has 24 heavy (non-hydrogen) atoms. The number of methoxy groups -OCH3 is 1. The van der Waals surface area contributed by atoms with Gasteiger partial charge >= 0.3 is 5.97 Å². The zero-order valence-corrected chi connectivity index (χ0v) is 13.3. The Labute approximate surface area is 138 Å². The summed E-state index contributed by atoms with van der Waals surface area (Å²) in [5.41, 5.74) is -0.0883. The van der Waals surface area contributed by atoms with Crippen LogP contribution in [-0.4, -0.2) is 56.3 Å². The summed E-state index contributed by atoms with van der Waals surface area (Å²) in [7, 11) is 1.26.